The molecular formula is C24H26O6. The maximum Gasteiger partial charge on any atom is 0.345 e. The van der Waals surface area contributed by atoms with Gasteiger partial charge in [-0.25, -0.2) is 9.59 Å². The van der Waals surface area contributed by atoms with Gasteiger partial charge in [0.25, 0.3) is 0 Å². The van der Waals surface area contributed by atoms with E-state index in [0.29, 0.717) is 36.7 Å². The molecule has 0 aliphatic carbocycles. The standard InChI is InChI=1S/C24H26O6/c1-5-10-19-13-18(14-20(23(25)27-3)24(26)28-4)15-21(29-6-2)22(19)30-16-17-11-8-7-9-12-17/h5,7-9,11-15H,1,6,10,16H2,2-4H3. The van der Waals surface area contributed by atoms with Crippen LogP contribution in [0, 0.1) is 0 Å². The normalized spacial score (nSPS) is 9.97. The predicted octanol–water partition coefficient (Wildman–Crippen LogP) is 4.12. The fourth-order valence-electron chi connectivity index (χ4n) is 2.82. The van der Waals surface area contributed by atoms with Crippen LogP contribution in [-0.2, 0) is 32.1 Å². The van der Waals surface area contributed by atoms with E-state index in [9.17, 15) is 9.59 Å². The summed E-state index contributed by atoms with van der Waals surface area (Å²) in [5.41, 5.74) is 2.19. The number of allylic oxidation sites excluding steroid dienone is 1. The summed E-state index contributed by atoms with van der Waals surface area (Å²) in [6, 6.07) is 13.3. The molecule has 0 atom stereocenters. The van der Waals surface area contributed by atoms with E-state index in [1.807, 2.05) is 43.3 Å². The van der Waals surface area contributed by atoms with Crippen LogP contribution in [-0.4, -0.2) is 32.8 Å². The van der Waals surface area contributed by atoms with Crippen LogP contribution in [0.4, 0.5) is 0 Å². The number of benzene rings is 2. The Morgan fingerprint density at radius 3 is 2.23 bits per heavy atom. The van der Waals surface area contributed by atoms with E-state index in [0.717, 1.165) is 11.1 Å². The van der Waals surface area contributed by atoms with E-state index in [-0.39, 0.29) is 5.57 Å². The molecule has 6 nitrogen and oxygen atoms in total. The molecular weight excluding hydrogens is 384 g/mol. The fourth-order valence-corrected chi connectivity index (χ4v) is 2.82. The summed E-state index contributed by atoms with van der Waals surface area (Å²) in [5, 5.41) is 0. The molecule has 0 aromatic heterocycles. The maximum absolute atomic E-state index is 12.0. The Labute approximate surface area is 176 Å². The highest BCUT2D eigenvalue weighted by Gasteiger charge is 2.21. The summed E-state index contributed by atoms with van der Waals surface area (Å²) >= 11 is 0. The molecule has 2 aromatic rings. The Bertz CT molecular complexity index is 897. The van der Waals surface area contributed by atoms with Crippen LogP contribution in [0.1, 0.15) is 23.6 Å². The van der Waals surface area contributed by atoms with Crippen molar-refractivity contribution in [3.05, 3.63) is 77.4 Å². The molecule has 2 rings (SSSR count). The van der Waals surface area contributed by atoms with Crippen LogP contribution < -0.4 is 9.47 Å². The zero-order valence-corrected chi connectivity index (χ0v) is 17.5. The molecule has 0 aliphatic heterocycles. The zero-order valence-electron chi connectivity index (χ0n) is 17.5. The minimum atomic E-state index is -0.783. The number of esters is 2. The first-order valence-corrected chi connectivity index (χ1v) is 9.49. The number of hydrogen-bond acceptors (Lipinski definition) is 6. The van der Waals surface area contributed by atoms with Crippen molar-refractivity contribution in [2.45, 2.75) is 20.0 Å². The highest BCUT2D eigenvalue weighted by molar-refractivity contribution is 6.17. The zero-order chi connectivity index (χ0) is 21.9. The molecule has 2 aromatic carbocycles. The smallest absolute Gasteiger partial charge is 0.345 e. The van der Waals surface area contributed by atoms with Crippen LogP contribution in [0.5, 0.6) is 11.5 Å². The van der Waals surface area contributed by atoms with Crippen molar-refractivity contribution in [3.63, 3.8) is 0 Å². The molecule has 0 amide bonds. The highest BCUT2D eigenvalue weighted by Crippen LogP contribution is 2.35. The van der Waals surface area contributed by atoms with Crippen molar-refractivity contribution >= 4 is 18.0 Å². The van der Waals surface area contributed by atoms with E-state index >= 15 is 0 Å². The van der Waals surface area contributed by atoms with Crippen LogP contribution in [0.15, 0.2) is 60.7 Å². The summed E-state index contributed by atoms with van der Waals surface area (Å²) in [6.07, 6.45) is 3.67. The Balaban J connectivity index is 2.50. The number of methoxy groups -OCH3 is 2. The van der Waals surface area contributed by atoms with Gasteiger partial charge in [0.15, 0.2) is 11.5 Å². The number of carbonyl (C=O) groups is 2. The first-order chi connectivity index (χ1) is 14.5. The van der Waals surface area contributed by atoms with Gasteiger partial charge in [-0.3, -0.25) is 0 Å². The number of ether oxygens (including phenoxy) is 4. The first kappa shape index (κ1) is 22.7. The second kappa shape index (κ2) is 11.5. The first-order valence-electron chi connectivity index (χ1n) is 9.49. The minimum absolute atomic E-state index is 0.218. The average Bonchev–Trinajstić information content (AvgIpc) is 2.77. The van der Waals surface area contributed by atoms with Crippen LogP contribution in [0.25, 0.3) is 6.08 Å². The van der Waals surface area contributed by atoms with Crippen molar-refractivity contribution in [2.24, 2.45) is 0 Å². The van der Waals surface area contributed by atoms with Gasteiger partial charge in [-0.2, -0.15) is 0 Å². The third-order valence-electron chi connectivity index (χ3n) is 4.17. The third kappa shape index (κ3) is 5.98. The second-order valence-corrected chi connectivity index (χ2v) is 6.25. The molecule has 0 N–H and O–H groups in total. The average molecular weight is 410 g/mol. The van der Waals surface area contributed by atoms with Gasteiger partial charge in [0.05, 0.1) is 20.8 Å². The molecule has 0 saturated heterocycles. The molecule has 0 bridgehead atoms. The molecule has 0 unspecified atom stereocenters. The van der Waals surface area contributed by atoms with Crippen molar-refractivity contribution in [2.75, 3.05) is 20.8 Å². The molecule has 0 aliphatic rings. The van der Waals surface area contributed by atoms with E-state index < -0.39 is 11.9 Å². The van der Waals surface area contributed by atoms with E-state index in [4.69, 9.17) is 18.9 Å². The van der Waals surface area contributed by atoms with Crippen LogP contribution >= 0.6 is 0 Å². The van der Waals surface area contributed by atoms with Crippen molar-refractivity contribution < 1.29 is 28.5 Å². The lowest BCUT2D eigenvalue weighted by Crippen LogP contribution is -2.15. The summed E-state index contributed by atoms with van der Waals surface area (Å²) in [7, 11) is 2.41. The van der Waals surface area contributed by atoms with Gasteiger partial charge < -0.3 is 18.9 Å². The molecule has 6 heteroatoms. The molecule has 0 spiro atoms. The number of carbonyl (C=O) groups excluding carboxylic acids is 2. The van der Waals surface area contributed by atoms with Gasteiger partial charge in [0, 0.05) is 5.56 Å². The van der Waals surface area contributed by atoms with Gasteiger partial charge in [-0.1, -0.05) is 36.4 Å². The lowest BCUT2D eigenvalue weighted by atomic mass is 10.0. The summed E-state index contributed by atoms with van der Waals surface area (Å²) < 4.78 is 21.3. The van der Waals surface area contributed by atoms with Gasteiger partial charge in [0.2, 0.25) is 0 Å². The molecule has 0 radical (unpaired) electrons. The summed E-state index contributed by atoms with van der Waals surface area (Å²) in [4.78, 5) is 24.0. The third-order valence-corrected chi connectivity index (χ3v) is 4.17. The lowest BCUT2D eigenvalue weighted by molar-refractivity contribution is -0.143. The van der Waals surface area contributed by atoms with Gasteiger partial charge in [-0.05, 0) is 42.7 Å². The Morgan fingerprint density at radius 2 is 1.67 bits per heavy atom. The molecule has 158 valence electrons. The highest BCUT2D eigenvalue weighted by atomic mass is 16.5. The summed E-state index contributed by atoms with van der Waals surface area (Å²) in [6.45, 7) is 6.46. The van der Waals surface area contributed by atoms with E-state index in [1.54, 1.807) is 12.1 Å². The van der Waals surface area contributed by atoms with E-state index in [2.05, 4.69) is 6.58 Å². The predicted molar refractivity (Wildman–Crippen MR) is 114 cm³/mol. The molecule has 0 heterocycles. The molecule has 0 fully saturated rings. The number of hydrogen-bond donors (Lipinski definition) is 0. The quantitative estimate of drug-likeness (QED) is 0.193. The van der Waals surface area contributed by atoms with Crippen LogP contribution in [0.3, 0.4) is 0 Å². The van der Waals surface area contributed by atoms with Crippen molar-refractivity contribution in [3.8, 4) is 11.5 Å². The second-order valence-electron chi connectivity index (χ2n) is 6.25. The largest absolute Gasteiger partial charge is 0.490 e. The summed E-state index contributed by atoms with van der Waals surface area (Å²) in [5.74, 6) is -0.465. The van der Waals surface area contributed by atoms with Gasteiger partial charge in [-0.15, -0.1) is 6.58 Å². The Kier molecular flexibility index (Phi) is 8.69. The van der Waals surface area contributed by atoms with Gasteiger partial charge >= 0.3 is 11.9 Å². The minimum Gasteiger partial charge on any atom is -0.490 e. The fraction of sp³-hybridized carbons (Fsp3) is 0.250. The van der Waals surface area contributed by atoms with Crippen molar-refractivity contribution in [1.29, 1.82) is 0 Å². The monoisotopic (exact) mass is 410 g/mol. The van der Waals surface area contributed by atoms with Crippen molar-refractivity contribution in [1.82, 2.24) is 0 Å². The molecule has 0 saturated carbocycles. The lowest BCUT2D eigenvalue weighted by Gasteiger charge is -2.17. The maximum atomic E-state index is 12.0. The Morgan fingerprint density at radius 1 is 1.00 bits per heavy atom. The van der Waals surface area contributed by atoms with E-state index in [1.165, 1.54) is 20.3 Å². The van der Waals surface area contributed by atoms with Gasteiger partial charge in [0.1, 0.15) is 12.2 Å². The topological polar surface area (TPSA) is 71.1 Å². The SMILES string of the molecule is C=CCc1cc(C=C(C(=O)OC)C(=O)OC)cc(OCC)c1OCc1ccccc1. The Hall–Kier alpha value is -3.54. The molecule has 30 heavy (non-hydrogen) atoms. The number of rotatable bonds is 10. The van der Waals surface area contributed by atoms with Crippen LogP contribution in [0.2, 0.25) is 0 Å².